The van der Waals surface area contributed by atoms with Gasteiger partial charge in [-0.05, 0) is 59.7 Å². The highest BCUT2D eigenvalue weighted by atomic mass is 32.1. The van der Waals surface area contributed by atoms with Gasteiger partial charge >= 0.3 is 18.0 Å². The van der Waals surface area contributed by atoms with Crippen molar-refractivity contribution in [1.82, 2.24) is 0 Å². The van der Waals surface area contributed by atoms with Gasteiger partial charge in [-0.25, -0.2) is 0 Å². The number of hydrogen-bond acceptors (Lipinski definition) is 4. The van der Waals surface area contributed by atoms with Crippen LogP contribution >= 0.6 is 11.3 Å². The van der Waals surface area contributed by atoms with Crippen LogP contribution in [0.15, 0.2) is 48.5 Å². The zero-order chi connectivity index (χ0) is 25.3. The average molecular weight is 504 g/mol. The Morgan fingerprint density at radius 2 is 1.50 bits per heavy atom. The van der Waals surface area contributed by atoms with Crippen molar-refractivity contribution < 1.29 is 41.7 Å². The minimum Gasteiger partial charge on any atom is -0.392 e. The monoisotopic (exact) mass is 504 g/mol. The predicted molar refractivity (Wildman–Crippen MR) is 116 cm³/mol. The molecule has 0 aliphatic rings. The molecule has 3 rings (SSSR count). The first kappa shape index (κ1) is 26.2. The van der Waals surface area contributed by atoms with Crippen molar-refractivity contribution in [2.24, 2.45) is 0 Å². The fraction of sp³-hybridized carbons (Fsp3) is 0.333. The quantitative estimate of drug-likeness (QED) is 0.340. The van der Waals surface area contributed by atoms with Crippen LogP contribution in [0.4, 0.5) is 26.3 Å². The average Bonchev–Trinajstić information content (AvgIpc) is 3.25. The van der Waals surface area contributed by atoms with Crippen molar-refractivity contribution in [3.63, 3.8) is 0 Å². The Labute approximate surface area is 195 Å². The first-order valence-electron chi connectivity index (χ1n) is 10.2. The van der Waals surface area contributed by atoms with Crippen LogP contribution in [0.5, 0.6) is 0 Å². The van der Waals surface area contributed by atoms with E-state index in [-0.39, 0.29) is 24.3 Å². The number of thiophene rings is 1. The Balaban J connectivity index is 1.85. The Hall–Kier alpha value is -2.40. The summed E-state index contributed by atoms with van der Waals surface area (Å²) in [5.74, 6) is -10.9. The zero-order valence-electron chi connectivity index (χ0n) is 18.0. The first-order valence-corrected chi connectivity index (χ1v) is 11.0. The minimum atomic E-state index is -6.18. The molecule has 3 aromatic rings. The van der Waals surface area contributed by atoms with Gasteiger partial charge in [0.15, 0.2) is 0 Å². The van der Waals surface area contributed by atoms with Crippen molar-refractivity contribution in [3.8, 4) is 10.4 Å². The lowest BCUT2D eigenvalue weighted by Crippen LogP contribution is -2.53. The highest BCUT2D eigenvalue weighted by molar-refractivity contribution is 7.15. The second-order valence-electron chi connectivity index (χ2n) is 7.86. The Kier molecular flexibility index (Phi) is 7.47. The maximum atomic E-state index is 14.4. The van der Waals surface area contributed by atoms with Crippen LogP contribution in [0.3, 0.4) is 0 Å². The second-order valence-corrected chi connectivity index (χ2v) is 9.03. The van der Waals surface area contributed by atoms with E-state index in [0.717, 1.165) is 23.4 Å². The molecule has 2 aromatic carbocycles. The van der Waals surface area contributed by atoms with Gasteiger partial charge in [-0.1, -0.05) is 36.4 Å². The normalized spacial score (nSPS) is 14.3. The molecule has 0 amide bonds. The van der Waals surface area contributed by atoms with E-state index in [4.69, 9.17) is 5.11 Å². The van der Waals surface area contributed by atoms with Crippen molar-refractivity contribution in [2.45, 2.75) is 50.9 Å². The summed E-state index contributed by atoms with van der Waals surface area (Å²) in [6.45, 7) is 0.754. The third kappa shape index (κ3) is 4.86. The molecular formula is C24H22F6O3S. The number of aryl methyl sites for hydroxylation is 2. The summed E-state index contributed by atoms with van der Waals surface area (Å²) in [5.41, 5.74) is 0.857. The molecule has 0 fully saturated rings. The second kappa shape index (κ2) is 9.69. The third-order valence-electron chi connectivity index (χ3n) is 5.66. The standard InChI is InChI=1S/C24H22F6O3S/c1-14-19(3-2-4-20(14)22(25,26)23(27,33)24(28,29)30)21-10-9-18(34-21)8-6-15-5-7-16(12-31)17(11-15)13-32/h2-5,7,9-11,31-33H,6,8,12-13H2,1H3. The van der Waals surface area contributed by atoms with Gasteiger partial charge in [0.2, 0.25) is 0 Å². The zero-order valence-corrected chi connectivity index (χ0v) is 18.8. The Morgan fingerprint density at radius 3 is 2.12 bits per heavy atom. The molecule has 0 radical (unpaired) electrons. The smallest absolute Gasteiger partial charge is 0.392 e. The van der Waals surface area contributed by atoms with Crippen LogP contribution in [-0.4, -0.2) is 27.4 Å². The molecule has 0 aliphatic carbocycles. The molecule has 0 saturated carbocycles. The maximum absolute atomic E-state index is 14.4. The molecule has 1 aromatic heterocycles. The molecule has 34 heavy (non-hydrogen) atoms. The van der Waals surface area contributed by atoms with Crippen LogP contribution in [0, 0.1) is 6.92 Å². The molecule has 3 nitrogen and oxygen atoms in total. The van der Waals surface area contributed by atoms with Gasteiger partial charge in [0, 0.05) is 15.3 Å². The van der Waals surface area contributed by atoms with Crippen molar-refractivity contribution in [1.29, 1.82) is 0 Å². The lowest BCUT2D eigenvalue weighted by molar-refractivity contribution is -0.390. The van der Waals surface area contributed by atoms with E-state index in [1.807, 2.05) is 6.07 Å². The fourth-order valence-corrected chi connectivity index (χ4v) is 4.75. The number of aliphatic hydroxyl groups is 3. The van der Waals surface area contributed by atoms with E-state index in [2.05, 4.69) is 0 Å². The van der Waals surface area contributed by atoms with E-state index in [0.29, 0.717) is 34.9 Å². The van der Waals surface area contributed by atoms with Gasteiger partial charge in [-0.2, -0.15) is 26.3 Å². The number of aliphatic hydroxyl groups excluding tert-OH is 2. The molecule has 1 unspecified atom stereocenters. The van der Waals surface area contributed by atoms with E-state index in [9.17, 15) is 36.6 Å². The van der Waals surface area contributed by atoms with Crippen molar-refractivity contribution in [2.75, 3.05) is 0 Å². The lowest BCUT2D eigenvalue weighted by Gasteiger charge is -2.31. The van der Waals surface area contributed by atoms with Crippen LogP contribution in [0.25, 0.3) is 10.4 Å². The summed E-state index contributed by atoms with van der Waals surface area (Å²) >= 11 is 1.26. The molecule has 0 saturated heterocycles. The fourth-order valence-electron chi connectivity index (χ4n) is 3.66. The number of benzene rings is 2. The number of hydrogen-bond donors (Lipinski definition) is 3. The number of alkyl halides is 6. The first-order chi connectivity index (χ1) is 15.8. The van der Waals surface area contributed by atoms with Crippen molar-refractivity contribution >= 4 is 11.3 Å². The summed E-state index contributed by atoms with van der Waals surface area (Å²) < 4.78 is 81.0. The summed E-state index contributed by atoms with van der Waals surface area (Å²) in [6, 6.07) is 11.9. The predicted octanol–water partition coefficient (Wildman–Crippen LogP) is 5.81. The molecule has 184 valence electrons. The maximum Gasteiger partial charge on any atom is 0.455 e. The van der Waals surface area contributed by atoms with Gasteiger partial charge < -0.3 is 15.3 Å². The minimum absolute atomic E-state index is 0.190. The van der Waals surface area contributed by atoms with Gasteiger partial charge in [-0.15, -0.1) is 11.3 Å². The highest BCUT2D eigenvalue weighted by Gasteiger charge is 2.71. The summed E-state index contributed by atoms with van der Waals surface area (Å²) in [6.07, 6.45) is -5.02. The molecule has 3 N–H and O–H groups in total. The Bertz CT molecular complexity index is 1150. The topological polar surface area (TPSA) is 60.7 Å². The van der Waals surface area contributed by atoms with Gasteiger partial charge in [-0.3, -0.25) is 0 Å². The van der Waals surface area contributed by atoms with Crippen LogP contribution in [0.1, 0.15) is 32.7 Å². The molecular weight excluding hydrogens is 482 g/mol. The largest absolute Gasteiger partial charge is 0.455 e. The van der Waals surface area contributed by atoms with Gasteiger partial charge in [0.1, 0.15) is 0 Å². The van der Waals surface area contributed by atoms with E-state index in [1.54, 1.807) is 24.3 Å². The molecule has 0 aliphatic heterocycles. The van der Waals surface area contributed by atoms with Crippen LogP contribution in [-0.2, 0) is 32.0 Å². The Morgan fingerprint density at radius 1 is 0.824 bits per heavy atom. The molecule has 10 heteroatoms. The van der Waals surface area contributed by atoms with E-state index >= 15 is 0 Å². The van der Waals surface area contributed by atoms with Crippen LogP contribution in [0.2, 0.25) is 0 Å². The van der Waals surface area contributed by atoms with E-state index < -0.39 is 23.5 Å². The summed E-state index contributed by atoms with van der Waals surface area (Å²) in [4.78, 5) is 1.38. The third-order valence-corrected chi connectivity index (χ3v) is 6.84. The lowest BCUT2D eigenvalue weighted by atomic mass is 9.92. The molecule has 1 heterocycles. The summed E-state index contributed by atoms with van der Waals surface area (Å²) in [5, 5.41) is 27.7. The number of rotatable bonds is 8. The molecule has 1 atom stereocenters. The molecule has 0 spiro atoms. The van der Waals surface area contributed by atoms with Crippen molar-refractivity contribution in [3.05, 3.63) is 81.2 Å². The van der Waals surface area contributed by atoms with Gasteiger partial charge in [0.25, 0.3) is 0 Å². The highest BCUT2D eigenvalue weighted by Crippen LogP contribution is 2.50. The van der Waals surface area contributed by atoms with E-state index in [1.165, 1.54) is 17.4 Å². The SMILES string of the molecule is Cc1c(-c2ccc(CCc3ccc(CO)c(CO)c3)s2)cccc1C(F)(F)C(O)(F)C(F)(F)F. The summed E-state index contributed by atoms with van der Waals surface area (Å²) in [7, 11) is 0. The van der Waals surface area contributed by atoms with Gasteiger partial charge in [0.05, 0.1) is 13.2 Å². The molecule has 0 bridgehead atoms. The number of halogens is 6. The van der Waals surface area contributed by atoms with Crippen LogP contribution < -0.4 is 0 Å².